The van der Waals surface area contributed by atoms with Crippen molar-refractivity contribution in [1.82, 2.24) is 0 Å². The van der Waals surface area contributed by atoms with E-state index in [2.05, 4.69) is 17.9 Å². The van der Waals surface area contributed by atoms with E-state index in [-0.39, 0.29) is 5.57 Å². The van der Waals surface area contributed by atoms with Crippen molar-refractivity contribution in [3.05, 3.63) is 35.6 Å². The lowest BCUT2D eigenvalue weighted by Crippen LogP contribution is -2.11. The Balaban J connectivity index is 0. The zero-order valence-electron chi connectivity index (χ0n) is 14.5. The molecule has 0 aliphatic heterocycles. The summed E-state index contributed by atoms with van der Waals surface area (Å²) >= 11 is 0. The van der Waals surface area contributed by atoms with Crippen molar-refractivity contribution >= 4 is 17.9 Å². The molecule has 0 radical (unpaired) electrons. The first kappa shape index (κ1) is 22.9. The van der Waals surface area contributed by atoms with Crippen molar-refractivity contribution in [3.8, 4) is 0 Å². The minimum atomic E-state index is -0.935. The van der Waals surface area contributed by atoms with Crippen molar-refractivity contribution in [3.63, 3.8) is 0 Å². The Morgan fingerprint density at radius 3 is 1.78 bits per heavy atom. The molecular weight excluding hydrogens is 300 g/mol. The third kappa shape index (κ3) is 10.9. The molecule has 6 nitrogen and oxygen atoms in total. The number of carbonyl (C=O) groups is 3. The Bertz CT molecular complexity index is 487. The Morgan fingerprint density at radius 2 is 1.48 bits per heavy atom. The van der Waals surface area contributed by atoms with Crippen LogP contribution < -0.4 is 0 Å². The molecule has 0 rings (SSSR count). The van der Waals surface area contributed by atoms with Crippen LogP contribution in [0.4, 0.5) is 0 Å². The van der Waals surface area contributed by atoms with Crippen LogP contribution in [-0.2, 0) is 23.9 Å². The van der Waals surface area contributed by atoms with Crippen LogP contribution in [-0.4, -0.2) is 30.1 Å². The van der Waals surface area contributed by atoms with Gasteiger partial charge in [-0.25, -0.2) is 14.4 Å². The van der Waals surface area contributed by atoms with E-state index in [1.165, 1.54) is 14.0 Å². The van der Waals surface area contributed by atoms with Crippen LogP contribution in [0.3, 0.4) is 0 Å². The molecule has 0 spiro atoms. The van der Waals surface area contributed by atoms with E-state index in [0.29, 0.717) is 23.3 Å². The average molecular weight is 326 g/mol. The normalized spacial score (nSPS) is 10.5. The van der Waals surface area contributed by atoms with Crippen molar-refractivity contribution in [2.75, 3.05) is 7.11 Å². The van der Waals surface area contributed by atoms with E-state index in [1.54, 1.807) is 13.8 Å². The van der Waals surface area contributed by atoms with E-state index in [4.69, 9.17) is 9.84 Å². The maximum Gasteiger partial charge on any atom is 0.338 e. The van der Waals surface area contributed by atoms with Crippen LogP contribution in [0.2, 0.25) is 0 Å². The number of unbranched alkanes of at least 4 members (excludes halogenated alkanes) is 1. The Kier molecular flexibility index (Phi) is 12.2. The van der Waals surface area contributed by atoms with Crippen LogP contribution in [0.1, 0.15) is 47.0 Å². The zero-order chi connectivity index (χ0) is 18.6. The molecule has 0 bridgehead atoms. The maximum absolute atomic E-state index is 11.4. The second-order valence-corrected chi connectivity index (χ2v) is 4.90. The van der Waals surface area contributed by atoms with Crippen molar-refractivity contribution < 1.29 is 29.0 Å². The molecule has 0 amide bonds. The summed E-state index contributed by atoms with van der Waals surface area (Å²) in [5.74, 6) is -1.56. The monoisotopic (exact) mass is 326 g/mol. The summed E-state index contributed by atoms with van der Waals surface area (Å²) in [5.41, 5.74) is 0.808. The summed E-state index contributed by atoms with van der Waals surface area (Å²) < 4.78 is 9.74. The van der Waals surface area contributed by atoms with Gasteiger partial charge in [0, 0.05) is 17.6 Å². The Hall–Kier alpha value is -2.37. The number of hydrogen-bond donors (Lipinski definition) is 1. The number of hydrogen-bond acceptors (Lipinski definition) is 5. The predicted octanol–water partition coefficient (Wildman–Crippen LogP) is 3.39. The highest BCUT2D eigenvalue weighted by atomic mass is 16.5. The smallest absolute Gasteiger partial charge is 0.338 e. The third-order valence-corrected chi connectivity index (χ3v) is 2.60. The number of esters is 2. The fourth-order valence-electron chi connectivity index (χ4n) is 1.12. The van der Waals surface area contributed by atoms with Gasteiger partial charge in [-0.05, 0) is 27.2 Å². The maximum atomic E-state index is 11.4. The molecule has 0 heterocycles. The van der Waals surface area contributed by atoms with Gasteiger partial charge >= 0.3 is 17.9 Å². The van der Waals surface area contributed by atoms with Crippen LogP contribution >= 0.6 is 0 Å². The number of rotatable bonds is 7. The minimum absolute atomic E-state index is 0.176. The molecule has 0 aromatic heterocycles. The zero-order valence-corrected chi connectivity index (χ0v) is 14.5. The van der Waals surface area contributed by atoms with Gasteiger partial charge in [-0.1, -0.05) is 26.5 Å². The lowest BCUT2D eigenvalue weighted by atomic mass is 10.1. The highest BCUT2D eigenvalue weighted by molar-refractivity contribution is 5.91. The largest absolute Gasteiger partial charge is 0.478 e. The van der Waals surface area contributed by atoms with Crippen molar-refractivity contribution in [2.24, 2.45) is 0 Å². The third-order valence-electron chi connectivity index (χ3n) is 2.60. The van der Waals surface area contributed by atoms with Gasteiger partial charge in [0.1, 0.15) is 5.76 Å². The van der Waals surface area contributed by atoms with Crippen LogP contribution in [0, 0.1) is 0 Å². The van der Waals surface area contributed by atoms with Gasteiger partial charge in [-0.15, -0.1) is 0 Å². The number of ether oxygens (including phenoxy) is 2. The van der Waals surface area contributed by atoms with Crippen LogP contribution in [0.15, 0.2) is 35.6 Å². The molecule has 0 aromatic rings. The van der Waals surface area contributed by atoms with Gasteiger partial charge in [0.2, 0.25) is 0 Å². The molecular formula is C17H26O6. The number of allylic oxidation sites excluding steroid dienone is 1. The summed E-state index contributed by atoms with van der Waals surface area (Å²) in [6.45, 7) is 13.3. The molecule has 130 valence electrons. The van der Waals surface area contributed by atoms with Gasteiger partial charge < -0.3 is 14.6 Å². The Labute approximate surface area is 137 Å². The van der Waals surface area contributed by atoms with E-state index in [9.17, 15) is 14.4 Å². The molecule has 0 atom stereocenters. The lowest BCUT2D eigenvalue weighted by Gasteiger charge is -2.11. The van der Waals surface area contributed by atoms with Gasteiger partial charge in [-0.2, -0.15) is 0 Å². The summed E-state index contributed by atoms with van der Waals surface area (Å²) in [6, 6.07) is 0. The number of methoxy groups -OCH3 is 1. The van der Waals surface area contributed by atoms with Crippen LogP contribution in [0.5, 0.6) is 0 Å². The van der Waals surface area contributed by atoms with Gasteiger partial charge in [0.05, 0.1) is 12.7 Å². The van der Waals surface area contributed by atoms with Crippen molar-refractivity contribution in [1.29, 1.82) is 0 Å². The SMILES string of the molecule is C=C(C)C(=O)O.C=C(C)C(=O)OC(CCCC)=C(C)C(=O)OC. The Morgan fingerprint density at radius 1 is 1.00 bits per heavy atom. The summed E-state index contributed by atoms with van der Waals surface area (Å²) in [4.78, 5) is 32.4. The molecule has 0 saturated heterocycles. The standard InChI is InChI=1S/C13H20O4.C4H6O2/c1-6-7-8-11(10(4)13(15)16-5)17-12(14)9(2)3;1-3(2)4(5)6/h2,6-8H2,1,3-5H3;1H2,2H3,(H,5,6). The first-order valence-corrected chi connectivity index (χ1v) is 7.12. The van der Waals surface area contributed by atoms with Gasteiger partial charge in [0.25, 0.3) is 0 Å². The van der Waals surface area contributed by atoms with E-state index < -0.39 is 17.9 Å². The number of carboxylic acid groups (broad SMARTS) is 1. The second-order valence-electron chi connectivity index (χ2n) is 4.90. The molecule has 0 unspecified atom stereocenters. The highest BCUT2D eigenvalue weighted by Crippen LogP contribution is 2.16. The first-order valence-electron chi connectivity index (χ1n) is 7.12. The average Bonchev–Trinajstić information content (AvgIpc) is 2.49. The first-order chi connectivity index (χ1) is 10.6. The minimum Gasteiger partial charge on any atom is -0.478 e. The molecule has 0 aromatic carbocycles. The molecule has 0 aliphatic carbocycles. The highest BCUT2D eigenvalue weighted by Gasteiger charge is 2.15. The van der Waals surface area contributed by atoms with Crippen molar-refractivity contribution in [2.45, 2.75) is 47.0 Å². The molecule has 23 heavy (non-hydrogen) atoms. The molecule has 0 fully saturated rings. The fourth-order valence-corrected chi connectivity index (χ4v) is 1.12. The van der Waals surface area contributed by atoms with Gasteiger partial charge in [0.15, 0.2) is 0 Å². The molecule has 0 aliphatic rings. The number of carboxylic acids is 1. The summed E-state index contributed by atoms with van der Waals surface area (Å²) in [5, 5.41) is 7.89. The quantitative estimate of drug-likeness (QED) is 0.438. The summed E-state index contributed by atoms with van der Waals surface area (Å²) in [7, 11) is 1.30. The van der Waals surface area contributed by atoms with E-state index in [0.717, 1.165) is 12.8 Å². The van der Waals surface area contributed by atoms with Crippen LogP contribution in [0.25, 0.3) is 0 Å². The van der Waals surface area contributed by atoms with E-state index >= 15 is 0 Å². The lowest BCUT2D eigenvalue weighted by molar-refractivity contribution is -0.137. The molecule has 0 saturated carbocycles. The second kappa shape index (κ2) is 12.2. The predicted molar refractivity (Wildman–Crippen MR) is 87.6 cm³/mol. The topological polar surface area (TPSA) is 89.9 Å². The van der Waals surface area contributed by atoms with Gasteiger partial charge in [-0.3, -0.25) is 0 Å². The molecule has 6 heteroatoms. The fraction of sp³-hybridized carbons (Fsp3) is 0.471. The molecule has 1 N–H and O–H groups in total. The summed E-state index contributed by atoms with van der Waals surface area (Å²) in [6.07, 6.45) is 2.33. The number of carbonyl (C=O) groups excluding carboxylic acids is 2. The number of aliphatic carboxylic acids is 1. The van der Waals surface area contributed by atoms with E-state index in [1.807, 2.05) is 6.92 Å².